The Labute approximate surface area is 171 Å². The Morgan fingerprint density at radius 1 is 1.14 bits per heavy atom. The third kappa shape index (κ3) is 6.27. The first-order chi connectivity index (χ1) is 13.4. The van der Waals surface area contributed by atoms with Gasteiger partial charge in [-0.2, -0.15) is 0 Å². The average Bonchev–Trinajstić information content (AvgIpc) is 2.70. The van der Waals surface area contributed by atoms with Gasteiger partial charge in [0.1, 0.15) is 11.8 Å². The molecule has 150 valence electrons. The van der Waals surface area contributed by atoms with Gasteiger partial charge in [0.05, 0.1) is 0 Å². The third-order valence-corrected chi connectivity index (χ3v) is 4.68. The molecule has 0 unspecified atom stereocenters. The number of hydrogen-bond donors (Lipinski definition) is 1. The first-order valence-corrected chi connectivity index (χ1v) is 9.80. The van der Waals surface area contributed by atoms with Crippen LogP contribution in [0.2, 0.25) is 5.02 Å². The molecule has 6 heteroatoms. The van der Waals surface area contributed by atoms with Gasteiger partial charge in [-0.3, -0.25) is 9.59 Å². The van der Waals surface area contributed by atoms with E-state index in [1.54, 1.807) is 19.1 Å². The fourth-order valence-corrected chi connectivity index (χ4v) is 2.83. The summed E-state index contributed by atoms with van der Waals surface area (Å²) in [5, 5.41) is 3.47. The van der Waals surface area contributed by atoms with E-state index in [0.717, 1.165) is 17.5 Å². The Morgan fingerprint density at radius 2 is 1.82 bits per heavy atom. The Balaban J connectivity index is 2.13. The first kappa shape index (κ1) is 21.8. The van der Waals surface area contributed by atoms with Crippen molar-refractivity contribution in [1.82, 2.24) is 10.2 Å². The largest absolute Gasteiger partial charge is 0.484 e. The molecule has 28 heavy (non-hydrogen) atoms. The molecule has 0 heterocycles. The van der Waals surface area contributed by atoms with E-state index in [9.17, 15) is 9.59 Å². The Hall–Kier alpha value is -2.53. The number of nitrogens with one attached hydrogen (secondary N) is 1. The van der Waals surface area contributed by atoms with Crippen LogP contribution in [0.4, 0.5) is 0 Å². The number of amides is 2. The van der Waals surface area contributed by atoms with Crippen molar-refractivity contribution in [2.45, 2.75) is 39.8 Å². The first-order valence-electron chi connectivity index (χ1n) is 9.42. The highest BCUT2D eigenvalue weighted by Gasteiger charge is 2.26. The van der Waals surface area contributed by atoms with Crippen LogP contribution in [0.5, 0.6) is 5.75 Å². The molecular weight excluding hydrogens is 376 g/mol. The second-order valence-corrected chi connectivity index (χ2v) is 7.11. The van der Waals surface area contributed by atoms with E-state index in [1.165, 1.54) is 4.90 Å². The van der Waals surface area contributed by atoms with Crippen LogP contribution >= 0.6 is 11.6 Å². The third-order valence-electron chi connectivity index (χ3n) is 4.43. The molecule has 2 rings (SSSR count). The van der Waals surface area contributed by atoms with Crippen molar-refractivity contribution in [3.8, 4) is 5.75 Å². The maximum Gasteiger partial charge on any atom is 0.261 e. The second kappa shape index (κ2) is 10.7. The van der Waals surface area contributed by atoms with Gasteiger partial charge in [0.25, 0.3) is 5.91 Å². The number of carbonyl (C=O) groups is 2. The normalized spacial score (nSPS) is 11.6. The predicted octanol–water partition coefficient (Wildman–Crippen LogP) is 3.97. The molecule has 1 N–H and O–H groups in total. The molecule has 2 aromatic rings. The lowest BCUT2D eigenvalue weighted by Crippen LogP contribution is -2.49. The summed E-state index contributed by atoms with van der Waals surface area (Å²) in [6, 6.07) is 14.1. The number of hydrogen-bond acceptors (Lipinski definition) is 3. The van der Waals surface area contributed by atoms with Crippen molar-refractivity contribution in [2.75, 3.05) is 13.2 Å². The van der Waals surface area contributed by atoms with Gasteiger partial charge in [0.2, 0.25) is 5.91 Å². The van der Waals surface area contributed by atoms with E-state index in [1.807, 2.05) is 50.2 Å². The minimum Gasteiger partial charge on any atom is -0.484 e. The summed E-state index contributed by atoms with van der Waals surface area (Å²) in [5.74, 6) is 0.225. The topological polar surface area (TPSA) is 58.6 Å². The van der Waals surface area contributed by atoms with Gasteiger partial charge in [-0.05, 0) is 49.6 Å². The van der Waals surface area contributed by atoms with Crippen molar-refractivity contribution < 1.29 is 14.3 Å². The van der Waals surface area contributed by atoms with Crippen molar-refractivity contribution in [1.29, 1.82) is 0 Å². The molecule has 0 aliphatic heterocycles. The molecule has 0 spiro atoms. The van der Waals surface area contributed by atoms with Crippen LogP contribution in [-0.4, -0.2) is 35.9 Å². The number of carbonyl (C=O) groups excluding carboxylic acids is 2. The van der Waals surface area contributed by atoms with E-state index < -0.39 is 6.04 Å². The van der Waals surface area contributed by atoms with Gasteiger partial charge in [-0.25, -0.2) is 0 Å². The van der Waals surface area contributed by atoms with Crippen LogP contribution < -0.4 is 10.1 Å². The number of halogens is 1. The van der Waals surface area contributed by atoms with Crippen LogP contribution in [0.3, 0.4) is 0 Å². The van der Waals surface area contributed by atoms with Crippen LogP contribution in [0.25, 0.3) is 0 Å². The predicted molar refractivity (Wildman–Crippen MR) is 111 cm³/mol. The molecule has 0 aliphatic carbocycles. The van der Waals surface area contributed by atoms with Gasteiger partial charge < -0.3 is 15.0 Å². The summed E-state index contributed by atoms with van der Waals surface area (Å²) in [7, 11) is 0. The lowest BCUT2D eigenvalue weighted by molar-refractivity contribution is -0.142. The molecule has 0 fully saturated rings. The number of nitrogens with zero attached hydrogens (tertiary/aromatic N) is 1. The fourth-order valence-electron chi connectivity index (χ4n) is 2.71. The highest BCUT2D eigenvalue weighted by atomic mass is 35.5. The van der Waals surface area contributed by atoms with E-state index in [-0.39, 0.29) is 18.4 Å². The quantitative estimate of drug-likeness (QED) is 0.690. The van der Waals surface area contributed by atoms with Crippen molar-refractivity contribution in [3.63, 3.8) is 0 Å². The van der Waals surface area contributed by atoms with Crippen LogP contribution in [0.1, 0.15) is 31.4 Å². The number of aryl methyl sites for hydroxylation is 1. The molecule has 0 saturated carbocycles. The monoisotopic (exact) mass is 402 g/mol. The molecule has 0 bridgehead atoms. The summed E-state index contributed by atoms with van der Waals surface area (Å²) in [6.45, 7) is 6.37. The minimum absolute atomic E-state index is 0.135. The molecule has 0 aliphatic rings. The smallest absolute Gasteiger partial charge is 0.261 e. The van der Waals surface area contributed by atoms with Gasteiger partial charge in [-0.15, -0.1) is 0 Å². The van der Waals surface area contributed by atoms with Gasteiger partial charge in [0, 0.05) is 18.1 Å². The highest BCUT2D eigenvalue weighted by molar-refractivity contribution is 6.30. The highest BCUT2D eigenvalue weighted by Crippen LogP contribution is 2.17. The van der Waals surface area contributed by atoms with Crippen LogP contribution in [0.15, 0.2) is 48.5 Å². The van der Waals surface area contributed by atoms with E-state index in [2.05, 4.69) is 5.32 Å². The van der Waals surface area contributed by atoms with E-state index >= 15 is 0 Å². The zero-order chi connectivity index (χ0) is 20.5. The standard InChI is InChI=1S/C22H27ClN2O3/c1-4-13-24-22(27)17(3)25(14-18-9-11-19(23)12-10-18)21(26)15-28-20-8-6-5-7-16(20)2/h5-12,17H,4,13-15H2,1-3H3,(H,24,27)/t17-/m0/s1. The van der Waals surface area contributed by atoms with Gasteiger partial charge in [0.15, 0.2) is 6.61 Å². The summed E-state index contributed by atoms with van der Waals surface area (Å²) < 4.78 is 5.70. The second-order valence-electron chi connectivity index (χ2n) is 6.67. The SMILES string of the molecule is CCCNC(=O)[C@H](C)N(Cc1ccc(Cl)cc1)C(=O)COc1ccccc1C. The maximum absolute atomic E-state index is 12.9. The van der Waals surface area contributed by atoms with Crippen molar-refractivity contribution in [3.05, 3.63) is 64.7 Å². The summed E-state index contributed by atoms with van der Waals surface area (Å²) >= 11 is 5.95. The van der Waals surface area contributed by atoms with E-state index in [0.29, 0.717) is 23.9 Å². The van der Waals surface area contributed by atoms with Gasteiger partial charge in [-0.1, -0.05) is 48.9 Å². The summed E-state index contributed by atoms with van der Waals surface area (Å²) in [5.41, 5.74) is 1.84. The molecule has 0 saturated heterocycles. The Morgan fingerprint density at radius 3 is 2.46 bits per heavy atom. The van der Waals surface area contributed by atoms with Gasteiger partial charge >= 0.3 is 0 Å². The summed E-state index contributed by atoms with van der Waals surface area (Å²) in [6.07, 6.45) is 0.833. The lowest BCUT2D eigenvalue weighted by Gasteiger charge is -2.29. The van der Waals surface area contributed by atoms with Crippen LogP contribution in [0, 0.1) is 6.92 Å². The fraction of sp³-hybridized carbons (Fsp3) is 0.364. The average molecular weight is 403 g/mol. The van der Waals surface area contributed by atoms with E-state index in [4.69, 9.17) is 16.3 Å². The minimum atomic E-state index is -0.616. The summed E-state index contributed by atoms with van der Waals surface area (Å²) in [4.78, 5) is 26.9. The lowest BCUT2D eigenvalue weighted by atomic mass is 10.1. The Bertz CT molecular complexity index is 793. The zero-order valence-electron chi connectivity index (χ0n) is 16.6. The molecule has 2 aromatic carbocycles. The number of benzene rings is 2. The van der Waals surface area contributed by atoms with Crippen molar-refractivity contribution in [2.24, 2.45) is 0 Å². The molecular formula is C22H27ClN2O3. The number of para-hydroxylation sites is 1. The molecule has 0 radical (unpaired) electrons. The number of rotatable bonds is 9. The molecule has 1 atom stereocenters. The maximum atomic E-state index is 12.9. The Kier molecular flexibility index (Phi) is 8.33. The number of ether oxygens (including phenoxy) is 1. The van der Waals surface area contributed by atoms with Crippen LogP contribution in [-0.2, 0) is 16.1 Å². The van der Waals surface area contributed by atoms with Crippen molar-refractivity contribution >= 4 is 23.4 Å². The zero-order valence-corrected chi connectivity index (χ0v) is 17.3. The molecule has 2 amide bonds. The molecule has 0 aromatic heterocycles. The molecule has 5 nitrogen and oxygen atoms in total.